The Morgan fingerprint density at radius 2 is 2.19 bits per heavy atom. The third kappa shape index (κ3) is 4.81. The van der Waals surface area contributed by atoms with Crippen molar-refractivity contribution in [3.8, 4) is 0 Å². The van der Waals surface area contributed by atoms with Crippen molar-refractivity contribution in [1.29, 1.82) is 0 Å². The maximum Gasteiger partial charge on any atom is 0.0587 e. The van der Waals surface area contributed by atoms with E-state index in [9.17, 15) is 0 Å². The minimum Gasteiger partial charge on any atom is -0.383 e. The van der Waals surface area contributed by atoms with Crippen molar-refractivity contribution in [2.45, 2.75) is 39.7 Å². The standard InChI is InChI=1S/C13H28N2O/c1-12(10-14-7-9-16-4)15-8-5-6-13(2,3)11-15/h12,14H,5-11H2,1-4H3. The molecule has 1 saturated heterocycles. The summed E-state index contributed by atoms with van der Waals surface area (Å²) in [5, 5.41) is 3.44. The van der Waals surface area contributed by atoms with Crippen LogP contribution < -0.4 is 5.32 Å². The van der Waals surface area contributed by atoms with Crippen LogP contribution in [0.1, 0.15) is 33.6 Å². The van der Waals surface area contributed by atoms with E-state index in [0.717, 1.165) is 19.7 Å². The Bertz CT molecular complexity index is 194. The van der Waals surface area contributed by atoms with Crippen LogP contribution in [-0.2, 0) is 4.74 Å². The Balaban J connectivity index is 2.22. The topological polar surface area (TPSA) is 24.5 Å². The molecule has 1 unspecified atom stereocenters. The first-order valence-corrected chi connectivity index (χ1v) is 6.49. The SMILES string of the molecule is COCCNCC(C)N1CCCC(C)(C)C1. The summed E-state index contributed by atoms with van der Waals surface area (Å²) in [7, 11) is 1.75. The quantitative estimate of drug-likeness (QED) is 0.701. The highest BCUT2D eigenvalue weighted by atomic mass is 16.5. The predicted molar refractivity (Wildman–Crippen MR) is 68.8 cm³/mol. The van der Waals surface area contributed by atoms with Crippen molar-refractivity contribution in [3.05, 3.63) is 0 Å². The summed E-state index contributed by atoms with van der Waals surface area (Å²) in [6, 6.07) is 0.636. The van der Waals surface area contributed by atoms with Gasteiger partial charge in [0.25, 0.3) is 0 Å². The van der Waals surface area contributed by atoms with Crippen molar-refractivity contribution < 1.29 is 4.74 Å². The van der Waals surface area contributed by atoms with Gasteiger partial charge in [0, 0.05) is 32.8 Å². The number of nitrogens with one attached hydrogen (secondary N) is 1. The number of methoxy groups -OCH3 is 1. The Labute approximate surface area is 101 Å². The Morgan fingerprint density at radius 3 is 2.81 bits per heavy atom. The first-order valence-electron chi connectivity index (χ1n) is 6.49. The summed E-state index contributed by atoms with van der Waals surface area (Å²) in [5.41, 5.74) is 0.499. The summed E-state index contributed by atoms with van der Waals surface area (Å²) in [6.45, 7) is 12.4. The van der Waals surface area contributed by atoms with Crippen LogP contribution in [0.25, 0.3) is 0 Å². The second-order valence-corrected chi connectivity index (χ2v) is 5.78. The van der Waals surface area contributed by atoms with Crippen molar-refractivity contribution in [3.63, 3.8) is 0 Å². The maximum absolute atomic E-state index is 5.03. The van der Waals surface area contributed by atoms with E-state index >= 15 is 0 Å². The average molecular weight is 228 g/mol. The molecular formula is C13H28N2O. The molecule has 1 rings (SSSR count). The van der Waals surface area contributed by atoms with E-state index in [2.05, 4.69) is 31.0 Å². The normalized spacial score (nSPS) is 23.2. The van der Waals surface area contributed by atoms with Crippen molar-refractivity contribution in [2.75, 3.05) is 39.9 Å². The molecule has 16 heavy (non-hydrogen) atoms. The van der Waals surface area contributed by atoms with Gasteiger partial charge in [0.1, 0.15) is 0 Å². The largest absolute Gasteiger partial charge is 0.383 e. The maximum atomic E-state index is 5.03. The highest BCUT2D eigenvalue weighted by molar-refractivity contribution is 4.83. The molecule has 1 atom stereocenters. The summed E-state index contributed by atoms with van der Waals surface area (Å²) in [5.74, 6) is 0. The zero-order chi connectivity index (χ0) is 12.0. The van der Waals surface area contributed by atoms with Crippen LogP contribution in [0, 0.1) is 5.41 Å². The van der Waals surface area contributed by atoms with Gasteiger partial charge in [-0.05, 0) is 31.7 Å². The lowest BCUT2D eigenvalue weighted by Crippen LogP contribution is -2.48. The number of rotatable bonds is 6. The first-order chi connectivity index (χ1) is 7.55. The Kier molecular flexibility index (Phi) is 5.73. The number of nitrogens with zero attached hydrogens (tertiary/aromatic N) is 1. The number of hydrogen-bond donors (Lipinski definition) is 1. The summed E-state index contributed by atoms with van der Waals surface area (Å²) < 4.78 is 5.03. The minimum atomic E-state index is 0.499. The van der Waals surface area contributed by atoms with Gasteiger partial charge in [-0.25, -0.2) is 0 Å². The van der Waals surface area contributed by atoms with E-state index in [0.29, 0.717) is 11.5 Å². The Hall–Kier alpha value is -0.120. The molecule has 0 amide bonds. The number of ether oxygens (including phenoxy) is 1. The minimum absolute atomic E-state index is 0.499. The summed E-state index contributed by atoms with van der Waals surface area (Å²) >= 11 is 0. The third-order valence-electron chi connectivity index (χ3n) is 3.48. The molecular weight excluding hydrogens is 200 g/mol. The van der Waals surface area contributed by atoms with Gasteiger partial charge >= 0.3 is 0 Å². The molecule has 1 aliphatic rings. The molecule has 1 aliphatic heterocycles. The van der Waals surface area contributed by atoms with Crippen molar-refractivity contribution >= 4 is 0 Å². The fourth-order valence-electron chi connectivity index (χ4n) is 2.46. The molecule has 0 spiro atoms. The smallest absolute Gasteiger partial charge is 0.0587 e. The summed E-state index contributed by atoms with van der Waals surface area (Å²) in [4.78, 5) is 2.61. The van der Waals surface area contributed by atoms with E-state index in [1.54, 1.807) is 7.11 Å². The first kappa shape index (κ1) is 13.9. The van der Waals surface area contributed by atoms with Crippen LogP contribution >= 0.6 is 0 Å². The highest BCUT2D eigenvalue weighted by Crippen LogP contribution is 2.29. The molecule has 0 aromatic heterocycles. The lowest BCUT2D eigenvalue weighted by molar-refractivity contribution is 0.0832. The molecule has 1 fully saturated rings. The van der Waals surface area contributed by atoms with Gasteiger partial charge in [-0.3, -0.25) is 4.90 Å². The third-order valence-corrected chi connectivity index (χ3v) is 3.48. The van der Waals surface area contributed by atoms with Gasteiger partial charge in [-0.2, -0.15) is 0 Å². The van der Waals surface area contributed by atoms with Gasteiger partial charge in [-0.1, -0.05) is 13.8 Å². The van der Waals surface area contributed by atoms with Gasteiger partial charge in [-0.15, -0.1) is 0 Å². The molecule has 3 heteroatoms. The van der Waals surface area contributed by atoms with E-state index in [4.69, 9.17) is 4.74 Å². The monoisotopic (exact) mass is 228 g/mol. The van der Waals surface area contributed by atoms with E-state index in [1.807, 2.05) is 0 Å². The van der Waals surface area contributed by atoms with Crippen LogP contribution in [0.2, 0.25) is 0 Å². The van der Waals surface area contributed by atoms with E-state index in [-0.39, 0.29) is 0 Å². The lowest BCUT2D eigenvalue weighted by atomic mass is 9.83. The molecule has 0 aromatic rings. The molecule has 0 aromatic carbocycles. The average Bonchev–Trinajstić information content (AvgIpc) is 2.22. The van der Waals surface area contributed by atoms with Gasteiger partial charge in [0.15, 0.2) is 0 Å². The lowest BCUT2D eigenvalue weighted by Gasteiger charge is -2.41. The molecule has 1 N–H and O–H groups in total. The zero-order valence-corrected chi connectivity index (χ0v) is 11.4. The molecule has 0 saturated carbocycles. The van der Waals surface area contributed by atoms with Crippen LogP contribution in [0.4, 0.5) is 0 Å². The number of hydrogen-bond acceptors (Lipinski definition) is 3. The number of likely N-dealkylation sites (tertiary alicyclic amines) is 1. The Morgan fingerprint density at radius 1 is 1.44 bits per heavy atom. The van der Waals surface area contributed by atoms with Gasteiger partial charge < -0.3 is 10.1 Å². The molecule has 1 heterocycles. The van der Waals surface area contributed by atoms with Crippen LogP contribution in [0.15, 0.2) is 0 Å². The van der Waals surface area contributed by atoms with Crippen LogP contribution in [-0.4, -0.2) is 50.8 Å². The van der Waals surface area contributed by atoms with Crippen molar-refractivity contribution in [1.82, 2.24) is 10.2 Å². The molecule has 0 radical (unpaired) electrons. The van der Waals surface area contributed by atoms with Crippen LogP contribution in [0.3, 0.4) is 0 Å². The molecule has 0 aliphatic carbocycles. The summed E-state index contributed by atoms with van der Waals surface area (Å²) in [6.07, 6.45) is 2.71. The molecule has 3 nitrogen and oxygen atoms in total. The zero-order valence-electron chi connectivity index (χ0n) is 11.4. The fourth-order valence-corrected chi connectivity index (χ4v) is 2.46. The van der Waals surface area contributed by atoms with Gasteiger partial charge in [0.2, 0.25) is 0 Å². The predicted octanol–water partition coefficient (Wildman–Crippen LogP) is 1.73. The van der Waals surface area contributed by atoms with E-state index < -0.39 is 0 Å². The van der Waals surface area contributed by atoms with Gasteiger partial charge in [0.05, 0.1) is 6.61 Å². The number of piperidine rings is 1. The molecule has 0 bridgehead atoms. The second-order valence-electron chi connectivity index (χ2n) is 5.78. The fraction of sp³-hybridized carbons (Fsp3) is 1.00. The van der Waals surface area contributed by atoms with E-state index in [1.165, 1.54) is 25.9 Å². The molecule has 96 valence electrons. The highest BCUT2D eigenvalue weighted by Gasteiger charge is 2.28. The van der Waals surface area contributed by atoms with Crippen LogP contribution in [0.5, 0.6) is 0 Å². The van der Waals surface area contributed by atoms with Crippen molar-refractivity contribution in [2.24, 2.45) is 5.41 Å². The second kappa shape index (κ2) is 6.58.